The molecule has 0 saturated heterocycles. The van der Waals surface area contributed by atoms with Gasteiger partial charge in [0.15, 0.2) is 0 Å². The average molecular weight is 731 g/mol. The van der Waals surface area contributed by atoms with Crippen LogP contribution in [0.15, 0.2) is 235 Å². The predicted molar refractivity (Wildman–Crippen MR) is 239 cm³/mol. The number of furan rings is 1. The Hall–Kier alpha value is -7.62. The molecule has 0 radical (unpaired) electrons. The average Bonchev–Trinajstić information content (AvgIpc) is 3.67. The lowest BCUT2D eigenvalue weighted by atomic mass is 9.88. The van der Waals surface area contributed by atoms with E-state index in [-0.39, 0.29) is 0 Å². The van der Waals surface area contributed by atoms with E-state index < -0.39 is 0 Å². The van der Waals surface area contributed by atoms with E-state index in [4.69, 9.17) is 4.42 Å². The topological polar surface area (TPSA) is 19.6 Å². The fourth-order valence-electron chi connectivity index (χ4n) is 8.09. The summed E-state index contributed by atoms with van der Waals surface area (Å²) >= 11 is 0. The molecule has 0 aliphatic heterocycles. The lowest BCUT2D eigenvalue weighted by Crippen LogP contribution is -2.13. The highest BCUT2D eigenvalue weighted by atomic mass is 16.3. The molecule has 0 fully saturated rings. The summed E-state index contributed by atoms with van der Waals surface area (Å²) in [6, 6.07) is 81.7. The third kappa shape index (κ3) is 6.41. The van der Waals surface area contributed by atoms with Crippen molar-refractivity contribution < 1.29 is 4.42 Å². The standard InChI is InChI=1S/C54H38N2O/c1-5-20-40(21-6-1)55(41-22-7-2-8-23-41)44-36-39(37-45(38-44)56(42-24-9-3-10-25-42)43-26-11-4-12-27-43)46-28-13-14-29-47(46)48-30-15-16-31-49(48)51-33-19-34-52-50-32-17-18-35-53(50)57-54(51)52/h1-38H. The highest BCUT2D eigenvalue weighted by Crippen LogP contribution is 2.46. The maximum absolute atomic E-state index is 6.59. The molecule has 0 unspecified atom stereocenters. The molecule has 0 aliphatic rings. The van der Waals surface area contributed by atoms with Crippen LogP contribution in [0.2, 0.25) is 0 Å². The van der Waals surface area contributed by atoms with Crippen molar-refractivity contribution in [3.05, 3.63) is 231 Å². The zero-order chi connectivity index (χ0) is 38.0. The summed E-state index contributed by atoms with van der Waals surface area (Å²) in [5, 5.41) is 2.24. The maximum Gasteiger partial charge on any atom is 0.143 e. The van der Waals surface area contributed by atoms with Crippen molar-refractivity contribution in [2.24, 2.45) is 0 Å². The number of rotatable bonds is 9. The van der Waals surface area contributed by atoms with Crippen molar-refractivity contribution in [1.29, 1.82) is 0 Å². The van der Waals surface area contributed by atoms with E-state index in [0.717, 1.165) is 89.4 Å². The van der Waals surface area contributed by atoms with Crippen LogP contribution in [0.4, 0.5) is 34.1 Å². The Labute approximate surface area is 333 Å². The van der Waals surface area contributed by atoms with E-state index in [2.05, 4.69) is 228 Å². The van der Waals surface area contributed by atoms with Crippen molar-refractivity contribution in [3.8, 4) is 33.4 Å². The number of anilines is 6. The predicted octanol–water partition coefficient (Wildman–Crippen LogP) is 15.5. The largest absolute Gasteiger partial charge is 0.455 e. The van der Waals surface area contributed by atoms with Crippen LogP contribution in [0.1, 0.15) is 0 Å². The highest BCUT2D eigenvalue weighted by Gasteiger charge is 2.22. The summed E-state index contributed by atoms with van der Waals surface area (Å²) in [5.74, 6) is 0. The zero-order valence-corrected chi connectivity index (χ0v) is 31.2. The van der Waals surface area contributed by atoms with Crippen LogP contribution in [-0.4, -0.2) is 0 Å². The third-order valence-corrected chi connectivity index (χ3v) is 10.6. The molecule has 9 aromatic carbocycles. The summed E-state index contributed by atoms with van der Waals surface area (Å²) < 4.78 is 6.59. The van der Waals surface area contributed by atoms with Gasteiger partial charge in [0.25, 0.3) is 0 Å². The molecule has 3 heteroatoms. The van der Waals surface area contributed by atoms with E-state index in [9.17, 15) is 0 Å². The molecule has 1 heterocycles. The van der Waals surface area contributed by atoms with Gasteiger partial charge in [-0.05, 0) is 101 Å². The molecule has 0 bridgehead atoms. The second-order valence-electron chi connectivity index (χ2n) is 14.1. The molecule has 57 heavy (non-hydrogen) atoms. The van der Waals surface area contributed by atoms with Crippen LogP contribution in [0.5, 0.6) is 0 Å². The van der Waals surface area contributed by atoms with Gasteiger partial charge >= 0.3 is 0 Å². The van der Waals surface area contributed by atoms with Gasteiger partial charge in [0.05, 0.1) is 0 Å². The Morgan fingerprint density at radius 2 is 0.632 bits per heavy atom. The molecule has 0 saturated carbocycles. The molecule has 0 amide bonds. The molecule has 3 nitrogen and oxygen atoms in total. The van der Waals surface area contributed by atoms with Gasteiger partial charge in [-0.15, -0.1) is 0 Å². The number of hydrogen-bond donors (Lipinski definition) is 0. The molecule has 10 aromatic rings. The first-order valence-electron chi connectivity index (χ1n) is 19.4. The van der Waals surface area contributed by atoms with Gasteiger partial charge in [-0.25, -0.2) is 0 Å². The molecule has 270 valence electrons. The van der Waals surface area contributed by atoms with Gasteiger partial charge in [-0.2, -0.15) is 0 Å². The number of benzene rings is 9. The monoisotopic (exact) mass is 730 g/mol. The Balaban J connectivity index is 1.22. The number of hydrogen-bond acceptors (Lipinski definition) is 3. The molecular weight excluding hydrogens is 693 g/mol. The van der Waals surface area contributed by atoms with Crippen LogP contribution in [0, 0.1) is 0 Å². The number of para-hydroxylation sites is 6. The first-order chi connectivity index (χ1) is 28.3. The summed E-state index contributed by atoms with van der Waals surface area (Å²) in [6.45, 7) is 0. The normalized spacial score (nSPS) is 11.2. The minimum Gasteiger partial charge on any atom is -0.455 e. The van der Waals surface area contributed by atoms with E-state index in [1.165, 1.54) is 0 Å². The molecule has 0 atom stereocenters. The summed E-state index contributed by atoms with van der Waals surface area (Å²) in [7, 11) is 0. The Bertz CT molecular complexity index is 2780. The molecule has 1 aromatic heterocycles. The SMILES string of the molecule is c1ccc(N(c2ccccc2)c2cc(-c3ccccc3-c3ccccc3-c3cccc4c3oc3ccccc34)cc(N(c3ccccc3)c3ccccc3)c2)cc1. The van der Waals surface area contributed by atoms with Crippen molar-refractivity contribution in [2.75, 3.05) is 9.80 Å². The molecule has 0 spiro atoms. The highest BCUT2D eigenvalue weighted by molar-refractivity contribution is 6.11. The van der Waals surface area contributed by atoms with Gasteiger partial charge in [0.1, 0.15) is 11.2 Å². The summed E-state index contributed by atoms with van der Waals surface area (Å²) in [4.78, 5) is 4.69. The fraction of sp³-hybridized carbons (Fsp3) is 0. The first kappa shape index (κ1) is 33.9. The Kier molecular flexibility index (Phi) is 8.86. The van der Waals surface area contributed by atoms with Gasteiger partial charge < -0.3 is 14.2 Å². The lowest BCUT2D eigenvalue weighted by Gasteiger charge is -2.30. The molecule has 0 aliphatic carbocycles. The second kappa shape index (κ2) is 14.9. The van der Waals surface area contributed by atoms with Gasteiger partial charge in [-0.3, -0.25) is 0 Å². The van der Waals surface area contributed by atoms with Crippen LogP contribution in [0.3, 0.4) is 0 Å². The van der Waals surface area contributed by atoms with E-state index in [0.29, 0.717) is 0 Å². The molecule has 10 rings (SSSR count). The van der Waals surface area contributed by atoms with Crippen LogP contribution < -0.4 is 9.80 Å². The van der Waals surface area contributed by atoms with E-state index in [1.54, 1.807) is 0 Å². The smallest absolute Gasteiger partial charge is 0.143 e. The van der Waals surface area contributed by atoms with Crippen LogP contribution >= 0.6 is 0 Å². The van der Waals surface area contributed by atoms with E-state index in [1.807, 2.05) is 12.1 Å². The van der Waals surface area contributed by atoms with Crippen LogP contribution in [0.25, 0.3) is 55.3 Å². The Morgan fingerprint density at radius 1 is 0.263 bits per heavy atom. The van der Waals surface area contributed by atoms with Crippen molar-refractivity contribution in [3.63, 3.8) is 0 Å². The van der Waals surface area contributed by atoms with Crippen LogP contribution in [-0.2, 0) is 0 Å². The number of nitrogens with zero attached hydrogens (tertiary/aromatic N) is 2. The fourth-order valence-corrected chi connectivity index (χ4v) is 8.09. The summed E-state index contributed by atoms with van der Waals surface area (Å²) in [5.41, 5.74) is 14.9. The van der Waals surface area contributed by atoms with Crippen molar-refractivity contribution >= 4 is 56.1 Å². The third-order valence-electron chi connectivity index (χ3n) is 10.6. The first-order valence-corrected chi connectivity index (χ1v) is 19.4. The quantitative estimate of drug-likeness (QED) is 0.147. The van der Waals surface area contributed by atoms with E-state index >= 15 is 0 Å². The van der Waals surface area contributed by atoms with Gasteiger partial charge in [-0.1, -0.05) is 158 Å². The van der Waals surface area contributed by atoms with Crippen molar-refractivity contribution in [1.82, 2.24) is 0 Å². The zero-order valence-electron chi connectivity index (χ0n) is 31.2. The minimum atomic E-state index is 0.893. The molecular formula is C54H38N2O. The minimum absolute atomic E-state index is 0.893. The van der Waals surface area contributed by atoms with Crippen molar-refractivity contribution in [2.45, 2.75) is 0 Å². The summed E-state index contributed by atoms with van der Waals surface area (Å²) in [6.07, 6.45) is 0. The second-order valence-corrected chi connectivity index (χ2v) is 14.1. The van der Waals surface area contributed by atoms with Gasteiger partial charge in [0, 0.05) is 50.5 Å². The Morgan fingerprint density at radius 3 is 1.14 bits per heavy atom. The van der Waals surface area contributed by atoms with Gasteiger partial charge in [0.2, 0.25) is 0 Å². The lowest BCUT2D eigenvalue weighted by molar-refractivity contribution is 0.670. The maximum atomic E-state index is 6.59. The molecule has 0 N–H and O–H groups in total. The number of fused-ring (bicyclic) bond motifs is 3.